The average Bonchev–Trinajstić information content (AvgIpc) is 1.30. The number of thioether (sulfide) groups is 1. The number of rotatable bonds is 0. The number of hydrogen-bond donors (Lipinski definition) is 1. The molecule has 0 aromatic rings. The maximum Gasteiger partial charge on any atom is 0.0480 e. The summed E-state index contributed by atoms with van der Waals surface area (Å²) in [5, 5.41) is 0. The van der Waals surface area contributed by atoms with E-state index >= 15 is 0 Å². The molecule has 31 valence electrons. The number of hydrogen-bond acceptors (Lipinski definition) is 2. The van der Waals surface area contributed by atoms with Gasteiger partial charge in [0.2, 0.25) is 0 Å². The summed E-state index contributed by atoms with van der Waals surface area (Å²) in [6.45, 7) is 0. The third-order valence-electron chi connectivity index (χ3n) is 0.675. The van der Waals surface area contributed by atoms with E-state index in [4.69, 9.17) is 0 Å². The van der Waals surface area contributed by atoms with Gasteiger partial charge in [0.1, 0.15) is 0 Å². The molecule has 0 aromatic heterocycles. The second-order valence-corrected chi connectivity index (χ2v) is 3.40. The normalized spacial score (nSPS) is 30.5. The fourth-order valence-electron chi connectivity index (χ4n) is 0.223. The van der Waals surface area contributed by atoms with Gasteiger partial charge in [-0.15, -0.1) is 11.8 Å². The monoisotopic (exact) mass is 129 g/mol. The van der Waals surface area contributed by atoms with Crippen LogP contribution in [-0.2, 0) is 0 Å². The maximum absolute atomic E-state index is 4.15. The minimum Gasteiger partial charge on any atom is -0.165 e. The van der Waals surface area contributed by atoms with E-state index in [9.17, 15) is 0 Å². The molecular formula is C3H6NaS2. The Morgan fingerprint density at radius 1 is 1.67 bits per heavy atom. The summed E-state index contributed by atoms with van der Waals surface area (Å²) in [6.07, 6.45) is 1.31. The van der Waals surface area contributed by atoms with Crippen molar-refractivity contribution in [3.8, 4) is 0 Å². The van der Waals surface area contributed by atoms with Crippen LogP contribution in [0, 0.1) is 0 Å². The van der Waals surface area contributed by atoms with Crippen molar-refractivity contribution in [1.82, 2.24) is 0 Å². The molecule has 0 nitrogen and oxygen atoms in total. The molecule has 1 saturated heterocycles. The predicted molar refractivity (Wildman–Crippen MR) is 35.6 cm³/mol. The van der Waals surface area contributed by atoms with E-state index in [1.165, 1.54) is 12.2 Å². The summed E-state index contributed by atoms with van der Waals surface area (Å²) in [4.78, 5) is 0. The summed E-state index contributed by atoms with van der Waals surface area (Å²) in [6, 6.07) is 0. The minimum absolute atomic E-state index is 0. The molecule has 1 rings (SSSR count). The zero-order chi connectivity index (χ0) is 3.70. The molecule has 6 heavy (non-hydrogen) atoms. The predicted octanol–water partition coefficient (Wildman–Crippen LogP) is 0.998. The van der Waals surface area contributed by atoms with Crippen molar-refractivity contribution >= 4 is 53.9 Å². The zero-order valence-electron chi connectivity index (χ0n) is 3.85. The van der Waals surface area contributed by atoms with E-state index in [1.54, 1.807) is 0 Å². The van der Waals surface area contributed by atoms with Gasteiger partial charge >= 0.3 is 0 Å². The maximum atomic E-state index is 4.15. The Bertz CT molecular complexity index is 35.8. The van der Waals surface area contributed by atoms with Gasteiger partial charge in [0, 0.05) is 34.1 Å². The molecule has 1 aliphatic rings. The Balaban J connectivity index is 0.000000250. The molecule has 0 spiro atoms. The van der Waals surface area contributed by atoms with E-state index in [-0.39, 0.29) is 29.6 Å². The van der Waals surface area contributed by atoms with Crippen LogP contribution in [0.5, 0.6) is 0 Å². The molecule has 0 amide bonds. The van der Waals surface area contributed by atoms with Crippen molar-refractivity contribution in [2.75, 3.05) is 5.75 Å². The van der Waals surface area contributed by atoms with Gasteiger partial charge in [0.25, 0.3) is 0 Å². The van der Waals surface area contributed by atoms with Crippen LogP contribution in [0.1, 0.15) is 6.42 Å². The topological polar surface area (TPSA) is 0 Å². The fourth-order valence-corrected chi connectivity index (χ4v) is 1.30. The quantitative estimate of drug-likeness (QED) is 0.376. The van der Waals surface area contributed by atoms with Crippen molar-refractivity contribution in [2.24, 2.45) is 0 Å². The SMILES string of the molecule is SC1CCS1.[Na]. The summed E-state index contributed by atoms with van der Waals surface area (Å²) in [5.74, 6) is 1.33. The summed E-state index contributed by atoms with van der Waals surface area (Å²) in [7, 11) is 0. The minimum atomic E-state index is 0. The van der Waals surface area contributed by atoms with Gasteiger partial charge in [-0.05, 0) is 12.2 Å². The van der Waals surface area contributed by atoms with E-state index in [0.29, 0.717) is 4.58 Å². The molecule has 1 unspecified atom stereocenters. The van der Waals surface area contributed by atoms with Crippen molar-refractivity contribution < 1.29 is 0 Å². The van der Waals surface area contributed by atoms with E-state index in [0.717, 1.165) is 0 Å². The standard InChI is InChI=1S/C3H6S2.Na/c4-3-1-2-5-3;/h3-4H,1-2H2;. The van der Waals surface area contributed by atoms with Gasteiger partial charge in [-0.1, -0.05) is 0 Å². The van der Waals surface area contributed by atoms with Crippen LogP contribution in [0.2, 0.25) is 0 Å². The Hall–Kier alpha value is 1.70. The van der Waals surface area contributed by atoms with Crippen molar-refractivity contribution in [3.05, 3.63) is 0 Å². The van der Waals surface area contributed by atoms with E-state index < -0.39 is 0 Å². The van der Waals surface area contributed by atoms with Gasteiger partial charge in [-0.25, -0.2) is 0 Å². The second kappa shape index (κ2) is 3.67. The van der Waals surface area contributed by atoms with Gasteiger partial charge in [-0.3, -0.25) is 0 Å². The summed E-state index contributed by atoms with van der Waals surface area (Å²) >= 11 is 6.07. The Kier molecular flexibility index (Phi) is 4.71. The first-order chi connectivity index (χ1) is 2.39. The molecule has 1 aliphatic heterocycles. The molecule has 1 radical (unpaired) electrons. The van der Waals surface area contributed by atoms with Crippen LogP contribution in [-0.4, -0.2) is 39.9 Å². The summed E-state index contributed by atoms with van der Waals surface area (Å²) in [5.41, 5.74) is 0. The van der Waals surface area contributed by atoms with Crippen LogP contribution in [0.4, 0.5) is 0 Å². The second-order valence-electron chi connectivity index (χ2n) is 1.11. The smallest absolute Gasteiger partial charge is 0.0480 e. The molecule has 0 bridgehead atoms. The zero-order valence-corrected chi connectivity index (χ0v) is 7.56. The molecule has 0 N–H and O–H groups in total. The van der Waals surface area contributed by atoms with Crippen LogP contribution in [0.25, 0.3) is 0 Å². The van der Waals surface area contributed by atoms with Crippen molar-refractivity contribution in [3.63, 3.8) is 0 Å². The first-order valence-electron chi connectivity index (χ1n) is 1.69. The largest absolute Gasteiger partial charge is 0.165 e. The number of thiol groups is 1. The molecule has 1 atom stereocenters. The van der Waals surface area contributed by atoms with E-state index in [1.807, 2.05) is 11.8 Å². The van der Waals surface area contributed by atoms with Gasteiger partial charge in [-0.2, -0.15) is 12.6 Å². The van der Waals surface area contributed by atoms with Crippen LogP contribution < -0.4 is 0 Å². The van der Waals surface area contributed by atoms with Gasteiger partial charge < -0.3 is 0 Å². The Morgan fingerprint density at radius 2 is 2.00 bits per heavy atom. The Morgan fingerprint density at radius 3 is 2.00 bits per heavy atom. The van der Waals surface area contributed by atoms with Crippen molar-refractivity contribution in [1.29, 1.82) is 0 Å². The molecule has 0 saturated carbocycles. The third kappa shape index (κ3) is 2.12. The molecule has 3 heteroatoms. The molecule has 1 heterocycles. The van der Waals surface area contributed by atoms with Crippen molar-refractivity contribution in [2.45, 2.75) is 11.0 Å². The first-order valence-corrected chi connectivity index (χ1v) is 3.26. The Labute approximate surface area is 70.2 Å². The average molecular weight is 129 g/mol. The summed E-state index contributed by atoms with van der Waals surface area (Å²) < 4.78 is 0.676. The third-order valence-corrected chi connectivity index (χ3v) is 2.47. The van der Waals surface area contributed by atoms with Crippen LogP contribution in [0.3, 0.4) is 0 Å². The van der Waals surface area contributed by atoms with Crippen LogP contribution >= 0.6 is 24.4 Å². The molecule has 1 fully saturated rings. The molecular weight excluding hydrogens is 123 g/mol. The van der Waals surface area contributed by atoms with E-state index in [2.05, 4.69) is 12.6 Å². The fraction of sp³-hybridized carbons (Fsp3) is 1.00. The first kappa shape index (κ1) is 7.70. The van der Waals surface area contributed by atoms with Gasteiger partial charge in [0.05, 0.1) is 0 Å². The molecule has 0 aromatic carbocycles. The van der Waals surface area contributed by atoms with Gasteiger partial charge in [0.15, 0.2) is 0 Å². The molecule has 0 aliphatic carbocycles. The van der Waals surface area contributed by atoms with Crippen LogP contribution in [0.15, 0.2) is 0 Å².